The molecule has 0 spiro atoms. The summed E-state index contributed by atoms with van der Waals surface area (Å²) in [4.78, 5) is 16.9. The summed E-state index contributed by atoms with van der Waals surface area (Å²) in [5.41, 5.74) is 4.86. The number of carbonyl (C=O) groups is 1. The molecule has 1 atom stereocenters. The van der Waals surface area contributed by atoms with Gasteiger partial charge in [0, 0.05) is 36.6 Å². The third kappa shape index (κ3) is 1.70. The van der Waals surface area contributed by atoms with Crippen molar-refractivity contribution in [2.45, 2.75) is 25.9 Å². The lowest BCUT2D eigenvalue weighted by molar-refractivity contribution is -0.146. The molecule has 1 aromatic carbocycles. The van der Waals surface area contributed by atoms with Gasteiger partial charge in [0.1, 0.15) is 6.10 Å². The fraction of sp³-hybridized carbons (Fsp3) is 0.400. The number of fused-ring (bicyclic) bond motifs is 3. The number of hydrogen-bond donors (Lipinski definition) is 1. The van der Waals surface area contributed by atoms with Crippen molar-refractivity contribution in [3.8, 4) is 0 Å². The van der Waals surface area contributed by atoms with Crippen LogP contribution in [0.15, 0.2) is 18.2 Å². The molecule has 0 amide bonds. The minimum Gasteiger partial charge on any atom is -0.456 e. The van der Waals surface area contributed by atoms with Crippen LogP contribution in [0.3, 0.4) is 0 Å². The van der Waals surface area contributed by atoms with Crippen LogP contribution in [0.25, 0.3) is 10.9 Å². The molecule has 1 aromatic heterocycles. The molecule has 0 bridgehead atoms. The number of aromatic nitrogens is 1. The van der Waals surface area contributed by atoms with Gasteiger partial charge in [-0.15, -0.1) is 0 Å². The van der Waals surface area contributed by atoms with Gasteiger partial charge in [0.15, 0.2) is 0 Å². The van der Waals surface area contributed by atoms with E-state index < -0.39 is 0 Å². The minimum atomic E-state index is -0.207. The Morgan fingerprint density at radius 1 is 1.42 bits per heavy atom. The van der Waals surface area contributed by atoms with Crippen LogP contribution in [-0.2, 0) is 16.0 Å². The second-order valence-corrected chi connectivity index (χ2v) is 5.37. The van der Waals surface area contributed by atoms with Gasteiger partial charge >= 0.3 is 5.97 Å². The van der Waals surface area contributed by atoms with Crippen LogP contribution in [0.2, 0.25) is 0 Å². The number of aromatic amines is 1. The molecule has 2 aliphatic rings. The Morgan fingerprint density at radius 3 is 3.00 bits per heavy atom. The third-order valence-electron chi connectivity index (χ3n) is 4.02. The first kappa shape index (κ1) is 10.9. The topological polar surface area (TPSA) is 45.1 Å². The number of esters is 1. The first-order valence-corrected chi connectivity index (χ1v) is 6.79. The molecule has 4 heteroatoms. The third-order valence-corrected chi connectivity index (χ3v) is 4.02. The molecule has 4 rings (SSSR count). The number of nitrogens with zero attached hydrogens (tertiary/aromatic N) is 1. The number of rotatable bonds is 2. The molecule has 98 valence electrons. The van der Waals surface area contributed by atoms with Crippen molar-refractivity contribution in [3.63, 3.8) is 0 Å². The first-order chi connectivity index (χ1) is 9.22. The largest absolute Gasteiger partial charge is 0.456 e. The number of benzene rings is 1. The quantitative estimate of drug-likeness (QED) is 0.663. The molecule has 2 heterocycles. The van der Waals surface area contributed by atoms with E-state index in [0.717, 1.165) is 37.1 Å². The molecule has 0 saturated carbocycles. The number of nitrogens with one attached hydrogen (secondary N) is 1. The van der Waals surface area contributed by atoms with Crippen molar-refractivity contribution in [1.29, 1.82) is 0 Å². The molecule has 4 nitrogen and oxygen atoms in total. The Kier molecular flexibility index (Phi) is 2.16. The van der Waals surface area contributed by atoms with Gasteiger partial charge in [0.2, 0.25) is 0 Å². The summed E-state index contributed by atoms with van der Waals surface area (Å²) in [6, 6.07) is 6.54. The number of ether oxygens (including phenoxy) is 1. The highest BCUT2D eigenvalue weighted by atomic mass is 16.5. The van der Waals surface area contributed by atoms with Gasteiger partial charge in [-0.3, -0.25) is 4.79 Å². The number of aryl methyl sites for hydroxylation is 1. The van der Waals surface area contributed by atoms with Crippen LogP contribution in [0.4, 0.5) is 5.69 Å². The summed E-state index contributed by atoms with van der Waals surface area (Å²) >= 11 is 0. The summed E-state index contributed by atoms with van der Waals surface area (Å²) in [5.74, 6) is -0.207. The standard InChI is InChI=1S/C15H16N2O2/c1-9(18)19-14-5-3-11-12-8-10(17-6-7-17)2-4-13(12)16-15(11)14/h2,4,8,14,16H,3,5-7H2,1H3. The molecule has 1 unspecified atom stereocenters. The van der Waals surface area contributed by atoms with Crippen molar-refractivity contribution < 1.29 is 9.53 Å². The zero-order valence-corrected chi connectivity index (χ0v) is 10.9. The molecule has 1 aliphatic carbocycles. The Hall–Kier alpha value is -1.97. The second-order valence-electron chi connectivity index (χ2n) is 5.37. The number of hydrogen-bond acceptors (Lipinski definition) is 3. The van der Waals surface area contributed by atoms with E-state index in [9.17, 15) is 4.79 Å². The van der Waals surface area contributed by atoms with Crippen LogP contribution < -0.4 is 4.90 Å². The molecule has 2 aromatic rings. The molecule has 1 N–H and O–H groups in total. The average Bonchev–Trinajstić information content (AvgIpc) is 3.06. The van der Waals surface area contributed by atoms with Crippen molar-refractivity contribution in [2.75, 3.05) is 18.0 Å². The van der Waals surface area contributed by atoms with E-state index in [1.807, 2.05) is 0 Å². The highest BCUT2D eigenvalue weighted by Gasteiger charge is 2.29. The van der Waals surface area contributed by atoms with Crippen molar-refractivity contribution >= 4 is 22.6 Å². The summed E-state index contributed by atoms with van der Waals surface area (Å²) < 4.78 is 5.38. The maximum absolute atomic E-state index is 11.1. The Balaban J connectivity index is 1.79. The monoisotopic (exact) mass is 256 g/mol. The predicted octanol–water partition coefficient (Wildman–Crippen LogP) is 2.54. The second kappa shape index (κ2) is 3.76. The van der Waals surface area contributed by atoms with Crippen LogP contribution in [0, 0.1) is 0 Å². The van der Waals surface area contributed by atoms with E-state index in [1.165, 1.54) is 23.6 Å². The van der Waals surface area contributed by atoms with Gasteiger partial charge in [-0.05, 0) is 36.6 Å². The highest BCUT2D eigenvalue weighted by molar-refractivity contribution is 5.89. The van der Waals surface area contributed by atoms with E-state index >= 15 is 0 Å². The SMILES string of the molecule is CC(=O)OC1CCc2c1[nH]c1ccc(N3CC3)cc21. The Labute approximate surface area is 111 Å². The van der Waals surface area contributed by atoms with Crippen LogP contribution >= 0.6 is 0 Å². The van der Waals surface area contributed by atoms with E-state index in [4.69, 9.17) is 4.74 Å². The van der Waals surface area contributed by atoms with Crippen LogP contribution in [-0.4, -0.2) is 24.0 Å². The van der Waals surface area contributed by atoms with Crippen molar-refractivity contribution in [1.82, 2.24) is 4.98 Å². The van der Waals surface area contributed by atoms with E-state index in [0.29, 0.717) is 0 Å². The molecular weight excluding hydrogens is 240 g/mol. The van der Waals surface area contributed by atoms with Gasteiger partial charge in [0.25, 0.3) is 0 Å². The van der Waals surface area contributed by atoms with Gasteiger partial charge in [-0.2, -0.15) is 0 Å². The van der Waals surface area contributed by atoms with Crippen LogP contribution in [0.5, 0.6) is 0 Å². The van der Waals surface area contributed by atoms with Gasteiger partial charge in [-0.25, -0.2) is 0 Å². The van der Waals surface area contributed by atoms with Crippen molar-refractivity contribution in [2.24, 2.45) is 0 Å². The fourth-order valence-corrected chi connectivity index (χ4v) is 3.04. The maximum Gasteiger partial charge on any atom is 0.303 e. The van der Waals surface area contributed by atoms with Gasteiger partial charge in [-0.1, -0.05) is 0 Å². The average molecular weight is 256 g/mol. The van der Waals surface area contributed by atoms with Gasteiger partial charge < -0.3 is 14.6 Å². The van der Waals surface area contributed by atoms with Crippen LogP contribution in [0.1, 0.15) is 30.7 Å². The molecule has 1 aliphatic heterocycles. The van der Waals surface area contributed by atoms with Gasteiger partial charge in [0.05, 0.1) is 5.69 Å². The van der Waals surface area contributed by atoms with E-state index in [-0.39, 0.29) is 12.1 Å². The first-order valence-electron chi connectivity index (χ1n) is 6.79. The molecule has 19 heavy (non-hydrogen) atoms. The maximum atomic E-state index is 11.1. The molecular formula is C15H16N2O2. The molecule has 0 radical (unpaired) electrons. The smallest absolute Gasteiger partial charge is 0.303 e. The van der Waals surface area contributed by atoms with E-state index in [1.54, 1.807) is 0 Å². The zero-order chi connectivity index (χ0) is 13.0. The summed E-state index contributed by atoms with van der Waals surface area (Å²) in [7, 11) is 0. The minimum absolute atomic E-state index is 0.0930. The predicted molar refractivity (Wildman–Crippen MR) is 73.3 cm³/mol. The summed E-state index contributed by atoms with van der Waals surface area (Å²) in [6.45, 7) is 3.79. The molecule has 1 fully saturated rings. The normalized spacial score (nSPS) is 20.7. The summed E-state index contributed by atoms with van der Waals surface area (Å²) in [5, 5.41) is 1.29. The Bertz CT molecular complexity index is 670. The lowest BCUT2D eigenvalue weighted by Crippen LogP contribution is -2.05. The lowest BCUT2D eigenvalue weighted by atomic mass is 10.1. The number of anilines is 1. The number of carbonyl (C=O) groups excluding carboxylic acids is 1. The molecule has 1 saturated heterocycles. The van der Waals surface area contributed by atoms with E-state index in [2.05, 4.69) is 28.1 Å². The van der Waals surface area contributed by atoms with Crippen molar-refractivity contribution in [3.05, 3.63) is 29.5 Å². The number of H-pyrrole nitrogens is 1. The fourth-order valence-electron chi connectivity index (χ4n) is 3.04. The zero-order valence-electron chi connectivity index (χ0n) is 10.9. The Morgan fingerprint density at radius 2 is 2.26 bits per heavy atom. The highest BCUT2D eigenvalue weighted by Crippen LogP contribution is 2.39. The lowest BCUT2D eigenvalue weighted by Gasteiger charge is -2.09. The summed E-state index contributed by atoms with van der Waals surface area (Å²) in [6.07, 6.45) is 1.78.